The van der Waals surface area contributed by atoms with Gasteiger partial charge in [0.15, 0.2) is 6.19 Å². The van der Waals surface area contributed by atoms with E-state index in [0.717, 1.165) is 22.4 Å². The van der Waals surface area contributed by atoms with Gasteiger partial charge in [0, 0.05) is 12.6 Å². The van der Waals surface area contributed by atoms with Crippen molar-refractivity contribution in [1.29, 1.82) is 5.26 Å². The Bertz CT molecular complexity index is 563. The first kappa shape index (κ1) is 13.2. The number of hydrogen-bond acceptors (Lipinski definition) is 3. The van der Waals surface area contributed by atoms with E-state index >= 15 is 0 Å². The lowest BCUT2D eigenvalue weighted by Crippen LogP contribution is -2.26. The van der Waals surface area contributed by atoms with E-state index in [2.05, 4.69) is 6.07 Å². The van der Waals surface area contributed by atoms with Gasteiger partial charge in [-0.15, -0.1) is 0 Å². The van der Waals surface area contributed by atoms with E-state index < -0.39 is 0 Å². The molecule has 1 aliphatic heterocycles. The number of aryl methyl sites for hydroxylation is 2. The highest BCUT2D eigenvalue weighted by atomic mass is 16.5. The number of rotatable bonds is 2. The topological polar surface area (TPSA) is 56.6 Å². The maximum absolute atomic E-state index is 11.9. The maximum Gasteiger partial charge on any atom is 0.333 e. The molecule has 100 valence electrons. The van der Waals surface area contributed by atoms with Gasteiger partial charge in [-0.2, -0.15) is 5.26 Å². The summed E-state index contributed by atoms with van der Waals surface area (Å²) in [6.07, 6.45) is 1.91. The Morgan fingerprint density at radius 3 is 2.63 bits per heavy atom. The van der Waals surface area contributed by atoms with E-state index in [9.17, 15) is 4.79 Å². The Morgan fingerprint density at radius 1 is 1.42 bits per heavy atom. The number of ether oxygens (including phenoxy) is 1. The molecule has 2 rings (SSSR count). The van der Waals surface area contributed by atoms with E-state index in [1.165, 1.54) is 4.90 Å². The van der Waals surface area contributed by atoms with Crippen LogP contribution in [0.5, 0.6) is 5.75 Å². The number of methoxy groups -OCH3 is 1. The fourth-order valence-electron chi connectivity index (χ4n) is 2.60. The smallest absolute Gasteiger partial charge is 0.333 e. The minimum Gasteiger partial charge on any atom is -0.496 e. The third-order valence-corrected chi connectivity index (χ3v) is 3.52. The highest BCUT2D eigenvalue weighted by Gasteiger charge is 2.38. The molecule has 1 aromatic carbocycles. The SMILES string of the molecule is COc1cc(C)cc(C)c1C1CN(C#N)C(=O)N1C. The predicted octanol–water partition coefficient (Wildman–Crippen LogP) is 2.20. The summed E-state index contributed by atoms with van der Waals surface area (Å²) in [4.78, 5) is 14.6. The Kier molecular flexibility index (Phi) is 3.34. The van der Waals surface area contributed by atoms with Crippen LogP contribution in [-0.4, -0.2) is 36.5 Å². The molecule has 1 aliphatic rings. The average Bonchev–Trinajstić information content (AvgIpc) is 2.65. The molecule has 1 unspecified atom stereocenters. The first-order valence-electron chi connectivity index (χ1n) is 6.08. The van der Waals surface area contributed by atoms with Crippen molar-refractivity contribution in [2.45, 2.75) is 19.9 Å². The van der Waals surface area contributed by atoms with Crippen molar-refractivity contribution in [3.05, 3.63) is 28.8 Å². The van der Waals surface area contributed by atoms with Crippen LogP contribution in [0.2, 0.25) is 0 Å². The largest absolute Gasteiger partial charge is 0.496 e. The zero-order valence-corrected chi connectivity index (χ0v) is 11.6. The number of urea groups is 1. The molecule has 1 fully saturated rings. The van der Waals surface area contributed by atoms with Crippen molar-refractivity contribution in [2.24, 2.45) is 0 Å². The van der Waals surface area contributed by atoms with Crippen LogP contribution >= 0.6 is 0 Å². The first-order chi connectivity index (χ1) is 8.99. The second kappa shape index (κ2) is 4.81. The van der Waals surface area contributed by atoms with Crippen LogP contribution in [0, 0.1) is 25.3 Å². The highest BCUT2D eigenvalue weighted by Crippen LogP contribution is 2.36. The van der Waals surface area contributed by atoms with E-state index in [4.69, 9.17) is 10.00 Å². The van der Waals surface area contributed by atoms with E-state index in [1.54, 1.807) is 19.1 Å². The molecule has 0 radical (unpaired) electrons. The van der Waals surface area contributed by atoms with Gasteiger partial charge in [0.1, 0.15) is 5.75 Å². The third-order valence-electron chi connectivity index (χ3n) is 3.52. The molecule has 0 aliphatic carbocycles. The summed E-state index contributed by atoms with van der Waals surface area (Å²) in [5.74, 6) is 0.766. The van der Waals surface area contributed by atoms with E-state index in [1.807, 2.05) is 26.1 Å². The standard InChI is InChI=1S/C14H17N3O2/c1-9-5-10(2)13(12(6-9)19-4)11-7-17(8-15)14(18)16(11)3/h5-6,11H,7H2,1-4H3. The number of hydrogen-bond donors (Lipinski definition) is 0. The molecule has 5 nitrogen and oxygen atoms in total. The highest BCUT2D eigenvalue weighted by molar-refractivity contribution is 5.79. The molecule has 0 bridgehead atoms. The molecule has 0 aromatic heterocycles. The number of amides is 2. The van der Waals surface area contributed by atoms with Gasteiger partial charge in [-0.25, -0.2) is 9.69 Å². The van der Waals surface area contributed by atoms with Gasteiger partial charge in [-0.3, -0.25) is 0 Å². The Labute approximate surface area is 113 Å². The minimum absolute atomic E-state index is 0.150. The predicted molar refractivity (Wildman–Crippen MR) is 70.7 cm³/mol. The average molecular weight is 259 g/mol. The summed E-state index contributed by atoms with van der Waals surface area (Å²) in [6, 6.07) is 3.60. The van der Waals surface area contributed by atoms with Crippen molar-refractivity contribution in [1.82, 2.24) is 9.80 Å². The number of likely N-dealkylation sites (N-methyl/N-ethyl adjacent to an activating group) is 1. The zero-order valence-electron chi connectivity index (χ0n) is 11.6. The molecular formula is C14H17N3O2. The third kappa shape index (κ3) is 2.10. The number of benzene rings is 1. The summed E-state index contributed by atoms with van der Waals surface area (Å²) < 4.78 is 5.43. The molecule has 5 heteroatoms. The fraction of sp³-hybridized carbons (Fsp3) is 0.429. The van der Waals surface area contributed by atoms with Gasteiger partial charge in [0.05, 0.1) is 19.7 Å². The van der Waals surface area contributed by atoms with Crippen LogP contribution < -0.4 is 4.74 Å². The summed E-state index contributed by atoms with van der Waals surface area (Å²) >= 11 is 0. The molecule has 1 aromatic rings. The van der Waals surface area contributed by atoms with Crippen LogP contribution in [0.1, 0.15) is 22.7 Å². The van der Waals surface area contributed by atoms with Crippen LogP contribution in [0.25, 0.3) is 0 Å². The molecule has 1 heterocycles. The van der Waals surface area contributed by atoms with E-state index in [0.29, 0.717) is 6.54 Å². The molecule has 2 amide bonds. The number of carbonyl (C=O) groups excluding carboxylic acids is 1. The van der Waals surface area contributed by atoms with Gasteiger partial charge in [-0.1, -0.05) is 6.07 Å². The lowest BCUT2D eigenvalue weighted by molar-refractivity contribution is 0.205. The van der Waals surface area contributed by atoms with Crippen molar-refractivity contribution in [2.75, 3.05) is 20.7 Å². The second-order valence-corrected chi connectivity index (χ2v) is 4.82. The number of carbonyl (C=O) groups is 1. The summed E-state index contributed by atoms with van der Waals surface area (Å²) in [5.41, 5.74) is 3.16. The molecule has 0 spiro atoms. The minimum atomic E-state index is -0.269. The van der Waals surface area contributed by atoms with E-state index in [-0.39, 0.29) is 12.1 Å². The van der Waals surface area contributed by atoms with Crippen LogP contribution in [0.4, 0.5) is 4.79 Å². The lowest BCUT2D eigenvalue weighted by Gasteiger charge is -2.22. The van der Waals surface area contributed by atoms with Crippen molar-refractivity contribution in [3.63, 3.8) is 0 Å². The molecule has 1 atom stereocenters. The summed E-state index contributed by atoms with van der Waals surface area (Å²) in [5, 5.41) is 8.96. The number of nitriles is 1. The maximum atomic E-state index is 11.9. The first-order valence-corrected chi connectivity index (χ1v) is 6.08. The van der Waals surface area contributed by atoms with Gasteiger partial charge in [0.25, 0.3) is 0 Å². The fourth-order valence-corrected chi connectivity index (χ4v) is 2.60. The second-order valence-electron chi connectivity index (χ2n) is 4.82. The quantitative estimate of drug-likeness (QED) is 0.765. The van der Waals surface area contributed by atoms with Crippen LogP contribution in [0.3, 0.4) is 0 Å². The van der Waals surface area contributed by atoms with Gasteiger partial charge in [-0.05, 0) is 31.0 Å². The zero-order chi connectivity index (χ0) is 14.2. The van der Waals surface area contributed by atoms with Crippen LogP contribution in [0.15, 0.2) is 12.1 Å². The molecule has 19 heavy (non-hydrogen) atoms. The normalized spacial score (nSPS) is 18.7. The monoisotopic (exact) mass is 259 g/mol. The van der Waals surface area contributed by atoms with Gasteiger partial charge < -0.3 is 9.64 Å². The molecular weight excluding hydrogens is 242 g/mol. The Balaban J connectivity index is 2.49. The molecule has 0 saturated carbocycles. The van der Waals surface area contributed by atoms with Crippen molar-refractivity contribution in [3.8, 4) is 11.9 Å². The van der Waals surface area contributed by atoms with Crippen molar-refractivity contribution >= 4 is 6.03 Å². The Morgan fingerprint density at radius 2 is 2.11 bits per heavy atom. The Hall–Kier alpha value is -2.22. The lowest BCUT2D eigenvalue weighted by atomic mass is 9.97. The summed E-state index contributed by atoms with van der Waals surface area (Å²) in [6.45, 7) is 4.37. The molecule has 0 N–H and O–H groups in total. The van der Waals surface area contributed by atoms with Gasteiger partial charge in [0.2, 0.25) is 0 Å². The van der Waals surface area contributed by atoms with Crippen molar-refractivity contribution < 1.29 is 9.53 Å². The molecule has 1 saturated heterocycles. The van der Waals surface area contributed by atoms with Gasteiger partial charge >= 0.3 is 6.03 Å². The number of nitrogens with zero attached hydrogens (tertiary/aromatic N) is 3. The van der Waals surface area contributed by atoms with Crippen LogP contribution in [-0.2, 0) is 0 Å². The summed E-state index contributed by atoms with van der Waals surface area (Å²) in [7, 11) is 3.33.